The van der Waals surface area contributed by atoms with Crippen LogP contribution in [0, 0.1) is 0 Å². The maximum Gasteiger partial charge on any atom is 0.516 e. The van der Waals surface area contributed by atoms with Crippen molar-refractivity contribution in [3.8, 4) is 22.4 Å². The van der Waals surface area contributed by atoms with Crippen molar-refractivity contribution in [1.82, 2.24) is 9.55 Å². The summed E-state index contributed by atoms with van der Waals surface area (Å²) < 4.78 is 69.7. The minimum Gasteiger partial charge on any atom is -0.465 e. The number of nitrogens with one attached hydrogen (secondary N) is 1. The lowest BCUT2D eigenvalue weighted by atomic mass is 10.0. The second kappa shape index (κ2) is 13.4. The highest BCUT2D eigenvalue weighted by Gasteiger charge is 2.46. The summed E-state index contributed by atoms with van der Waals surface area (Å²) in [6, 6.07) is 25.0. The van der Waals surface area contributed by atoms with Gasteiger partial charge in [0.1, 0.15) is 5.82 Å². The number of halogens is 5. The van der Waals surface area contributed by atoms with E-state index in [0.29, 0.717) is 50.4 Å². The van der Waals surface area contributed by atoms with E-state index in [0.717, 1.165) is 11.1 Å². The first kappa shape index (κ1) is 32.8. The molecule has 0 saturated carbocycles. The SMILES string of the molecule is COC(=O)c1ccc(Cn2cc(-c3ccc(Cl)cc3Cl)nc2/C=C/c2ccc(-c3cccc(NS(=O)(=O)C(F)(F)F)c3)cc2)cc1. The van der Waals surface area contributed by atoms with Crippen LogP contribution in [0.5, 0.6) is 0 Å². The quantitative estimate of drug-likeness (QED) is 0.157. The number of benzene rings is 4. The minimum atomic E-state index is -5.54. The van der Waals surface area contributed by atoms with Gasteiger partial charge in [-0.1, -0.05) is 77.8 Å². The van der Waals surface area contributed by atoms with Crippen molar-refractivity contribution in [3.05, 3.63) is 130 Å². The Bertz CT molecular complexity index is 2030. The van der Waals surface area contributed by atoms with Crippen molar-refractivity contribution in [2.45, 2.75) is 12.1 Å². The Hall–Kier alpha value is -4.58. The number of aromatic nitrogens is 2. The standard InChI is InChI=1S/C33H24Cl2F3N3O4S/c1-45-32(42)24-12-7-22(8-13-24)19-41-20-30(28-15-14-26(34)18-29(28)35)39-31(41)16-9-21-5-10-23(11-6-21)25-3-2-4-27(17-25)40-46(43,44)33(36,37)38/h2-18,20,40H,19H2,1H3/b16-9+. The zero-order valence-corrected chi connectivity index (χ0v) is 26.3. The van der Waals surface area contributed by atoms with Gasteiger partial charge in [-0.15, -0.1) is 0 Å². The van der Waals surface area contributed by atoms with E-state index in [-0.39, 0.29) is 5.69 Å². The van der Waals surface area contributed by atoms with E-state index >= 15 is 0 Å². The summed E-state index contributed by atoms with van der Waals surface area (Å²) in [5.74, 6) is 0.189. The third-order valence-electron chi connectivity index (χ3n) is 6.83. The number of carbonyl (C=O) groups is 1. The van der Waals surface area contributed by atoms with Crippen LogP contribution in [0.1, 0.15) is 27.3 Å². The van der Waals surface area contributed by atoms with Crippen molar-refractivity contribution in [1.29, 1.82) is 0 Å². The molecule has 0 aliphatic heterocycles. The van der Waals surface area contributed by atoms with E-state index in [1.54, 1.807) is 53.3 Å². The number of hydrogen-bond donors (Lipinski definition) is 1. The zero-order chi connectivity index (χ0) is 33.1. The normalized spacial score (nSPS) is 12.0. The predicted molar refractivity (Wildman–Crippen MR) is 174 cm³/mol. The van der Waals surface area contributed by atoms with E-state index in [4.69, 9.17) is 32.9 Å². The van der Waals surface area contributed by atoms with Crippen molar-refractivity contribution in [2.24, 2.45) is 0 Å². The molecular weight excluding hydrogens is 662 g/mol. The Morgan fingerprint density at radius 3 is 2.30 bits per heavy atom. The summed E-state index contributed by atoms with van der Waals surface area (Å²) in [5, 5.41) is 0.942. The number of ether oxygens (including phenoxy) is 1. The average Bonchev–Trinajstić information content (AvgIpc) is 3.41. The third kappa shape index (κ3) is 7.61. The molecule has 13 heteroatoms. The molecule has 1 heterocycles. The molecule has 5 rings (SSSR count). The number of anilines is 1. The smallest absolute Gasteiger partial charge is 0.465 e. The fourth-order valence-electron chi connectivity index (χ4n) is 4.51. The Morgan fingerprint density at radius 2 is 1.65 bits per heavy atom. The summed E-state index contributed by atoms with van der Waals surface area (Å²) in [4.78, 5) is 16.6. The molecule has 7 nitrogen and oxygen atoms in total. The molecule has 0 unspecified atom stereocenters. The summed E-state index contributed by atoms with van der Waals surface area (Å²) in [6.07, 6.45) is 5.55. The first-order valence-corrected chi connectivity index (χ1v) is 15.7. The number of rotatable bonds is 9. The molecule has 0 aliphatic carbocycles. The number of hydrogen-bond acceptors (Lipinski definition) is 5. The van der Waals surface area contributed by atoms with Gasteiger partial charge in [-0.2, -0.15) is 21.6 Å². The highest BCUT2D eigenvalue weighted by atomic mass is 35.5. The van der Waals surface area contributed by atoms with Crippen LogP contribution in [-0.4, -0.2) is 36.6 Å². The highest BCUT2D eigenvalue weighted by molar-refractivity contribution is 7.93. The van der Waals surface area contributed by atoms with Crippen molar-refractivity contribution in [2.75, 3.05) is 11.8 Å². The van der Waals surface area contributed by atoms with Crippen LogP contribution in [-0.2, 0) is 21.3 Å². The molecule has 0 aliphatic rings. The van der Waals surface area contributed by atoms with Gasteiger partial charge < -0.3 is 9.30 Å². The first-order chi connectivity index (χ1) is 21.8. The topological polar surface area (TPSA) is 90.3 Å². The molecule has 1 N–H and O–H groups in total. The largest absolute Gasteiger partial charge is 0.516 e. The second-order valence-corrected chi connectivity index (χ2v) is 12.5. The lowest BCUT2D eigenvalue weighted by Gasteiger charge is -2.11. The summed E-state index contributed by atoms with van der Waals surface area (Å²) >= 11 is 12.6. The maximum atomic E-state index is 12.8. The van der Waals surface area contributed by atoms with Crippen molar-refractivity contribution < 1.29 is 31.1 Å². The van der Waals surface area contributed by atoms with Crippen molar-refractivity contribution in [3.63, 3.8) is 0 Å². The van der Waals surface area contributed by atoms with Gasteiger partial charge in [0.05, 0.1) is 23.4 Å². The third-order valence-corrected chi connectivity index (χ3v) is 8.49. The van der Waals surface area contributed by atoms with Crippen LogP contribution in [0.15, 0.2) is 97.2 Å². The molecule has 0 atom stereocenters. The molecule has 0 amide bonds. The number of alkyl halides is 3. The number of nitrogens with zero attached hydrogens (tertiary/aromatic N) is 2. The monoisotopic (exact) mass is 685 g/mol. The number of esters is 1. The Balaban J connectivity index is 1.41. The van der Waals surface area contributed by atoms with E-state index in [2.05, 4.69) is 0 Å². The van der Waals surface area contributed by atoms with E-state index in [9.17, 15) is 26.4 Å². The van der Waals surface area contributed by atoms with Gasteiger partial charge in [0.2, 0.25) is 0 Å². The van der Waals surface area contributed by atoms with Crippen molar-refractivity contribution >= 4 is 57.0 Å². The molecule has 4 aromatic carbocycles. The van der Waals surface area contributed by atoms with E-state index < -0.39 is 21.5 Å². The number of carbonyl (C=O) groups excluding carboxylic acids is 1. The molecule has 0 spiro atoms. The minimum absolute atomic E-state index is 0.206. The summed E-state index contributed by atoms with van der Waals surface area (Å²) in [6.45, 7) is 0.437. The van der Waals surface area contributed by atoms with E-state index in [1.807, 2.05) is 47.2 Å². The van der Waals surface area contributed by atoms with Crippen LogP contribution >= 0.6 is 23.2 Å². The predicted octanol–water partition coefficient (Wildman–Crippen LogP) is 8.79. The van der Waals surface area contributed by atoms with Gasteiger partial charge in [0.15, 0.2) is 0 Å². The molecule has 5 aromatic rings. The Labute approximate surface area is 272 Å². The maximum absolute atomic E-state index is 12.8. The summed E-state index contributed by atoms with van der Waals surface area (Å²) in [5.41, 5.74) is -0.960. The molecular formula is C33H24Cl2F3N3O4S. The van der Waals surface area contributed by atoms with Gasteiger partial charge in [0, 0.05) is 29.0 Å². The van der Waals surface area contributed by atoms with Gasteiger partial charge in [0.25, 0.3) is 0 Å². The van der Waals surface area contributed by atoms with Crippen LogP contribution in [0.3, 0.4) is 0 Å². The van der Waals surface area contributed by atoms with Gasteiger partial charge >= 0.3 is 21.5 Å². The van der Waals surface area contributed by atoms with Crippen LogP contribution < -0.4 is 4.72 Å². The number of imidazole rings is 1. The molecule has 0 bridgehead atoms. The second-order valence-electron chi connectivity index (χ2n) is 10.0. The fraction of sp³-hybridized carbons (Fsp3) is 0.0909. The summed E-state index contributed by atoms with van der Waals surface area (Å²) in [7, 11) is -4.22. The Kier molecular flexibility index (Phi) is 9.57. The molecule has 0 radical (unpaired) electrons. The van der Waals surface area contributed by atoms with Gasteiger partial charge in [-0.3, -0.25) is 4.72 Å². The molecule has 0 saturated heterocycles. The highest BCUT2D eigenvalue weighted by Crippen LogP contribution is 2.31. The van der Waals surface area contributed by atoms with E-state index in [1.165, 1.54) is 25.3 Å². The molecule has 1 aromatic heterocycles. The fourth-order valence-corrected chi connectivity index (χ4v) is 5.57. The first-order valence-electron chi connectivity index (χ1n) is 13.5. The zero-order valence-electron chi connectivity index (χ0n) is 23.9. The van der Waals surface area contributed by atoms with Crippen LogP contribution in [0.2, 0.25) is 10.0 Å². The average molecular weight is 687 g/mol. The van der Waals surface area contributed by atoms with Crippen LogP contribution in [0.4, 0.5) is 18.9 Å². The molecule has 0 fully saturated rings. The molecule has 46 heavy (non-hydrogen) atoms. The lowest BCUT2D eigenvalue weighted by molar-refractivity contribution is -0.0429. The lowest BCUT2D eigenvalue weighted by Crippen LogP contribution is -2.29. The molecule has 236 valence electrons. The Morgan fingerprint density at radius 1 is 0.935 bits per heavy atom. The number of methoxy groups -OCH3 is 1. The number of sulfonamides is 1. The van der Waals surface area contributed by atoms with Gasteiger partial charge in [-0.25, -0.2) is 9.78 Å². The van der Waals surface area contributed by atoms with Crippen LogP contribution in [0.25, 0.3) is 34.5 Å². The van der Waals surface area contributed by atoms with Gasteiger partial charge in [-0.05, 0) is 70.8 Å².